The van der Waals surface area contributed by atoms with Gasteiger partial charge in [0.15, 0.2) is 0 Å². The Balaban J connectivity index is 0.711. The van der Waals surface area contributed by atoms with Crippen LogP contribution >= 0.6 is 0 Å². The number of piperazine rings is 1. The molecule has 1 saturated carbocycles. The number of benzene rings is 2. The first-order chi connectivity index (χ1) is 29.1. The van der Waals surface area contributed by atoms with Crippen LogP contribution in [0.5, 0.6) is 0 Å². The number of nitrogens with zero attached hydrogens (tertiary/aromatic N) is 8. The zero-order valence-corrected chi connectivity index (χ0v) is 34.4. The number of piperidine rings is 2. The fourth-order valence-corrected chi connectivity index (χ4v) is 11.5. The summed E-state index contributed by atoms with van der Waals surface area (Å²) < 4.78 is 31.2. The molecular weight excluding hydrogens is 785 g/mol. The van der Waals surface area contributed by atoms with Gasteiger partial charge < -0.3 is 20.0 Å². The van der Waals surface area contributed by atoms with Crippen molar-refractivity contribution in [3.8, 4) is 0 Å². The van der Waals surface area contributed by atoms with E-state index in [1.165, 1.54) is 0 Å². The zero-order chi connectivity index (χ0) is 41.1. The second-order valence-corrected chi connectivity index (χ2v) is 19.0. The highest BCUT2D eigenvalue weighted by Crippen LogP contribution is 2.34. The molecule has 60 heavy (non-hydrogen) atoms. The van der Waals surface area contributed by atoms with E-state index in [1.54, 1.807) is 39.7 Å². The molecule has 10 rings (SSSR count). The highest BCUT2D eigenvalue weighted by atomic mass is 32.2. The summed E-state index contributed by atoms with van der Waals surface area (Å²) in [4.78, 5) is 68.4. The Morgan fingerprint density at radius 1 is 0.767 bits per heavy atom. The van der Waals surface area contributed by atoms with E-state index < -0.39 is 22.0 Å². The molecule has 5 aliphatic heterocycles. The van der Waals surface area contributed by atoms with Gasteiger partial charge in [-0.3, -0.25) is 34.0 Å². The summed E-state index contributed by atoms with van der Waals surface area (Å²) >= 11 is 0. The van der Waals surface area contributed by atoms with Gasteiger partial charge in [-0.2, -0.15) is 9.29 Å². The van der Waals surface area contributed by atoms with Crippen molar-refractivity contribution in [1.29, 1.82) is 0 Å². The van der Waals surface area contributed by atoms with Gasteiger partial charge in [0.05, 0.1) is 4.90 Å². The molecule has 0 bridgehead atoms. The number of sulfonamides is 1. The van der Waals surface area contributed by atoms with Crippen molar-refractivity contribution in [2.45, 2.75) is 87.0 Å². The van der Waals surface area contributed by atoms with E-state index in [4.69, 9.17) is 4.98 Å². The number of anilines is 3. The Kier molecular flexibility index (Phi) is 10.1. The lowest BCUT2D eigenvalue weighted by Gasteiger charge is -2.49. The molecule has 2 aromatic carbocycles. The number of pyridine rings is 1. The normalized spacial score (nSPS) is 22.7. The predicted molar refractivity (Wildman–Crippen MR) is 225 cm³/mol. The van der Waals surface area contributed by atoms with Gasteiger partial charge in [0.2, 0.25) is 27.8 Å². The number of nitrogens with one attached hydrogen (secondary N) is 2. The van der Waals surface area contributed by atoms with Crippen LogP contribution in [0, 0.1) is 0 Å². The number of fused-ring (bicyclic) bond motifs is 2. The first kappa shape index (κ1) is 38.8. The predicted octanol–water partition coefficient (Wildman–Crippen LogP) is 2.94. The van der Waals surface area contributed by atoms with E-state index in [0.717, 1.165) is 87.3 Å². The molecule has 5 fully saturated rings. The molecule has 1 unspecified atom stereocenters. The average molecular weight is 835 g/mol. The van der Waals surface area contributed by atoms with Crippen molar-refractivity contribution in [2.75, 3.05) is 67.5 Å². The summed E-state index contributed by atoms with van der Waals surface area (Å²) in [5.74, 6) is -0.398. The number of amides is 3. The van der Waals surface area contributed by atoms with Crippen molar-refractivity contribution in [1.82, 2.24) is 34.0 Å². The minimum Gasteiger partial charge on any atom is -0.369 e. The molecule has 1 aliphatic carbocycles. The second-order valence-electron chi connectivity index (χ2n) is 17.1. The van der Waals surface area contributed by atoms with Gasteiger partial charge in [0.25, 0.3) is 11.5 Å². The minimum absolute atomic E-state index is 0.00684. The summed E-state index contributed by atoms with van der Waals surface area (Å²) in [6.07, 6.45) is 7.72. The van der Waals surface area contributed by atoms with Crippen LogP contribution in [0.4, 0.5) is 17.3 Å². The molecule has 2 aromatic heterocycles. The Morgan fingerprint density at radius 3 is 2.30 bits per heavy atom. The first-order valence-corrected chi connectivity index (χ1v) is 22.8. The molecule has 6 aliphatic rings. The fourth-order valence-electron chi connectivity index (χ4n) is 10.0. The van der Waals surface area contributed by atoms with Crippen LogP contribution in [-0.4, -0.2) is 125 Å². The van der Waals surface area contributed by atoms with Crippen molar-refractivity contribution in [2.24, 2.45) is 0 Å². The van der Waals surface area contributed by atoms with Gasteiger partial charge in [-0.1, -0.05) is 18.9 Å². The number of carbonyl (C=O) groups is 3. The van der Waals surface area contributed by atoms with Gasteiger partial charge in [-0.05, 0) is 80.1 Å². The summed E-state index contributed by atoms with van der Waals surface area (Å²) in [6.45, 7) is 6.25. The molecule has 314 valence electrons. The highest BCUT2D eigenvalue weighted by molar-refractivity contribution is 7.89. The van der Waals surface area contributed by atoms with Crippen LogP contribution in [0.15, 0.2) is 70.5 Å². The maximum atomic E-state index is 13.9. The van der Waals surface area contributed by atoms with Crippen LogP contribution in [0.25, 0.3) is 11.0 Å². The van der Waals surface area contributed by atoms with E-state index in [1.807, 2.05) is 28.8 Å². The third-order valence-corrected chi connectivity index (χ3v) is 15.4. The van der Waals surface area contributed by atoms with Gasteiger partial charge in [-0.15, -0.1) is 0 Å². The van der Waals surface area contributed by atoms with Crippen molar-refractivity contribution in [3.63, 3.8) is 0 Å². The van der Waals surface area contributed by atoms with Crippen LogP contribution < -0.4 is 26.0 Å². The lowest BCUT2D eigenvalue weighted by atomic mass is 10.0. The van der Waals surface area contributed by atoms with E-state index in [0.29, 0.717) is 67.0 Å². The molecule has 3 amide bonds. The fraction of sp³-hybridized carbons (Fsp3) is 0.488. The average Bonchev–Trinajstić information content (AvgIpc) is 3.89. The summed E-state index contributed by atoms with van der Waals surface area (Å²) in [7, 11) is -3.69. The molecule has 4 aromatic rings. The zero-order valence-electron chi connectivity index (χ0n) is 33.5. The maximum absolute atomic E-state index is 13.9. The molecule has 4 saturated heterocycles. The van der Waals surface area contributed by atoms with E-state index in [2.05, 4.69) is 36.4 Å². The molecular formula is C43H50N10O6S. The molecule has 0 radical (unpaired) electrons. The number of rotatable bonds is 9. The van der Waals surface area contributed by atoms with Crippen LogP contribution in [0.1, 0.15) is 73.3 Å². The standard InChI is InChI=1S/C43H50N10O6S/c54-38-12-11-37(41(56)46-38)52-25-29-22-33(9-10-36(29)42(52)57)48-18-20-49(21-19-48)34-26-50(27-34)32-6-3-7-35(23-32)60(58,59)51-16-14-30(15-17-51)45-43-44-24-28-8-13-39(55)53(40(28)47-43)31-4-1-2-5-31/h3,6-10,13,22-24,30-31,34,37H,1-2,4-5,11-12,14-21,25-27H2,(H,44,45,47)(H,46,54,56). The Morgan fingerprint density at radius 2 is 1.53 bits per heavy atom. The van der Waals surface area contributed by atoms with Crippen molar-refractivity contribution in [3.05, 3.63) is 82.3 Å². The summed E-state index contributed by atoms with van der Waals surface area (Å²) in [6, 6.07) is 16.5. The minimum atomic E-state index is -3.69. The van der Waals surface area contributed by atoms with Gasteiger partial charge in [0.1, 0.15) is 11.7 Å². The Bertz CT molecular complexity index is 2520. The second kappa shape index (κ2) is 15.6. The number of imide groups is 1. The molecule has 16 nitrogen and oxygen atoms in total. The molecule has 2 N–H and O–H groups in total. The number of hydrogen-bond acceptors (Lipinski definition) is 12. The molecule has 1 atom stereocenters. The van der Waals surface area contributed by atoms with Crippen LogP contribution in [0.2, 0.25) is 0 Å². The van der Waals surface area contributed by atoms with Crippen molar-refractivity contribution >= 4 is 56.1 Å². The van der Waals surface area contributed by atoms with Crippen LogP contribution in [-0.2, 0) is 26.2 Å². The van der Waals surface area contributed by atoms with Gasteiger partial charge >= 0.3 is 0 Å². The first-order valence-electron chi connectivity index (χ1n) is 21.4. The maximum Gasteiger partial charge on any atom is 0.255 e. The largest absolute Gasteiger partial charge is 0.369 e. The Hall–Kier alpha value is -5.39. The van der Waals surface area contributed by atoms with E-state index >= 15 is 0 Å². The Labute approximate surface area is 348 Å². The smallest absolute Gasteiger partial charge is 0.255 e. The number of aromatic nitrogens is 3. The van der Waals surface area contributed by atoms with Gasteiger partial charge in [0, 0.05) is 118 Å². The third kappa shape index (κ3) is 7.19. The lowest BCUT2D eigenvalue weighted by Crippen LogP contribution is -2.63. The summed E-state index contributed by atoms with van der Waals surface area (Å²) in [5, 5.41) is 6.62. The number of carbonyl (C=O) groups excluding carboxylic acids is 3. The monoisotopic (exact) mass is 834 g/mol. The molecule has 0 spiro atoms. The van der Waals surface area contributed by atoms with Crippen LogP contribution in [0.3, 0.4) is 0 Å². The SMILES string of the molecule is O=C1CCC(N2Cc3cc(N4CCN(C5CN(c6cccc(S(=O)(=O)N7CCC(Nc8ncc9ccc(=O)n(C%10CCCC%10)c9n8)CC7)c6)C5)CC4)ccc3C2=O)C(=O)N1. The highest BCUT2D eigenvalue weighted by Gasteiger charge is 2.40. The molecule has 7 heterocycles. The number of hydrogen-bond donors (Lipinski definition) is 2. The van der Waals surface area contributed by atoms with E-state index in [9.17, 15) is 27.6 Å². The topological polar surface area (TPSA) is 173 Å². The van der Waals surface area contributed by atoms with E-state index in [-0.39, 0.29) is 35.9 Å². The lowest BCUT2D eigenvalue weighted by molar-refractivity contribution is -0.136. The quantitative estimate of drug-likeness (QED) is 0.237. The van der Waals surface area contributed by atoms with Crippen molar-refractivity contribution < 1.29 is 22.8 Å². The third-order valence-electron chi connectivity index (χ3n) is 13.5. The summed E-state index contributed by atoms with van der Waals surface area (Å²) in [5.41, 5.74) is 4.11. The molecule has 17 heteroatoms. The van der Waals surface area contributed by atoms with Gasteiger partial charge in [-0.25, -0.2) is 13.4 Å².